The predicted molar refractivity (Wildman–Crippen MR) is 152 cm³/mol. The van der Waals surface area contributed by atoms with Gasteiger partial charge in [-0.15, -0.1) is 0 Å². The van der Waals surface area contributed by atoms with Gasteiger partial charge < -0.3 is 15.7 Å². The summed E-state index contributed by atoms with van der Waals surface area (Å²) in [4.78, 5) is 20.9. The lowest BCUT2D eigenvalue weighted by molar-refractivity contribution is -0.141. The molecule has 0 saturated heterocycles. The summed E-state index contributed by atoms with van der Waals surface area (Å²) >= 11 is 0. The summed E-state index contributed by atoms with van der Waals surface area (Å²) in [5, 5.41) is 17.0. The fourth-order valence-electron chi connectivity index (χ4n) is 5.98. The highest BCUT2D eigenvalue weighted by Crippen LogP contribution is 2.43. The summed E-state index contributed by atoms with van der Waals surface area (Å²) in [5.41, 5.74) is 8.31. The van der Waals surface area contributed by atoms with Crippen LogP contribution in [0.2, 0.25) is 0 Å². The fourth-order valence-corrected chi connectivity index (χ4v) is 6.41. The lowest BCUT2D eigenvalue weighted by atomic mass is 9.94. The summed E-state index contributed by atoms with van der Waals surface area (Å²) < 4.78 is 64.6. The molecule has 1 fully saturated rings. The zero-order chi connectivity index (χ0) is 30.7. The van der Waals surface area contributed by atoms with Gasteiger partial charge in [0.15, 0.2) is 9.84 Å². The first kappa shape index (κ1) is 29.2. The van der Waals surface area contributed by atoms with Gasteiger partial charge in [0.1, 0.15) is 17.1 Å². The second-order valence-electron chi connectivity index (χ2n) is 11.4. The molecule has 2 aromatic heterocycles. The highest BCUT2D eigenvalue weighted by molar-refractivity contribution is 7.93. The molecule has 1 unspecified atom stereocenters. The third-order valence-corrected chi connectivity index (χ3v) is 8.88. The molecule has 3 aliphatic rings. The lowest BCUT2D eigenvalue weighted by Crippen LogP contribution is -2.45. The second kappa shape index (κ2) is 10.7. The largest absolute Gasteiger partial charge is 0.506 e. The average Bonchev–Trinajstić information content (AvgIpc) is 3.73. The number of hydrogen-bond acceptors (Lipinski definition) is 8. The smallest absolute Gasteiger partial charge is 0.433 e. The topological polar surface area (TPSA) is 135 Å². The minimum Gasteiger partial charge on any atom is -0.506 e. The Kier molecular flexibility index (Phi) is 7.24. The first-order chi connectivity index (χ1) is 20.3. The van der Waals surface area contributed by atoms with Gasteiger partial charge in [-0.2, -0.15) is 18.3 Å². The van der Waals surface area contributed by atoms with Gasteiger partial charge >= 0.3 is 6.18 Å². The van der Waals surface area contributed by atoms with E-state index < -0.39 is 33.7 Å². The molecular weight excluding hydrogens is 585 g/mol. The fraction of sp³-hybridized carbons (Fsp3) is 0.414. The summed E-state index contributed by atoms with van der Waals surface area (Å²) in [6.07, 6.45) is 1.90. The molecule has 0 spiro atoms. The van der Waals surface area contributed by atoms with E-state index in [9.17, 15) is 31.5 Å². The van der Waals surface area contributed by atoms with Gasteiger partial charge in [0, 0.05) is 68.1 Å². The Morgan fingerprint density at radius 2 is 1.95 bits per heavy atom. The number of amides is 1. The molecular formula is C29H31F3N6O4S. The number of phenols is 1. The van der Waals surface area contributed by atoms with Gasteiger partial charge in [0.25, 0.3) is 5.91 Å². The highest BCUT2D eigenvalue weighted by atomic mass is 32.2. The van der Waals surface area contributed by atoms with Crippen LogP contribution in [0.15, 0.2) is 41.9 Å². The van der Waals surface area contributed by atoms with Crippen LogP contribution < -0.4 is 5.73 Å². The Balaban J connectivity index is 1.38. The molecule has 3 aromatic rings. The van der Waals surface area contributed by atoms with Crippen molar-refractivity contribution in [2.45, 2.75) is 43.8 Å². The minimum atomic E-state index is -4.71. The molecule has 14 heteroatoms. The average molecular weight is 617 g/mol. The van der Waals surface area contributed by atoms with Crippen LogP contribution in [0.1, 0.15) is 63.4 Å². The Hall–Kier alpha value is -3.91. The number of alkyl halides is 3. The Morgan fingerprint density at radius 1 is 1.19 bits per heavy atom. The van der Waals surface area contributed by atoms with Crippen LogP contribution in [0.3, 0.4) is 0 Å². The lowest BCUT2D eigenvalue weighted by Gasteiger charge is -2.38. The van der Waals surface area contributed by atoms with E-state index in [-0.39, 0.29) is 23.5 Å². The number of nitrogens with zero attached hydrogens (tertiary/aromatic N) is 5. The van der Waals surface area contributed by atoms with Gasteiger partial charge in [-0.25, -0.2) is 13.1 Å². The number of rotatable bonds is 6. The highest BCUT2D eigenvalue weighted by Gasteiger charge is 2.40. The minimum absolute atomic E-state index is 0.115. The van der Waals surface area contributed by atoms with Crippen LogP contribution in [0, 0.1) is 0 Å². The molecule has 1 amide bonds. The van der Waals surface area contributed by atoms with E-state index in [1.54, 1.807) is 21.7 Å². The number of pyridine rings is 1. The van der Waals surface area contributed by atoms with Gasteiger partial charge in [-0.05, 0) is 42.5 Å². The summed E-state index contributed by atoms with van der Waals surface area (Å²) in [6, 6.07) is 5.74. The predicted octanol–water partition coefficient (Wildman–Crippen LogP) is 3.61. The number of sulfone groups is 1. The van der Waals surface area contributed by atoms with Crippen molar-refractivity contribution < 1.29 is 31.5 Å². The zero-order valence-electron chi connectivity index (χ0n) is 23.4. The molecule has 0 radical (unpaired) electrons. The van der Waals surface area contributed by atoms with E-state index >= 15 is 0 Å². The number of aromatic nitrogens is 3. The molecule has 1 aromatic carbocycles. The van der Waals surface area contributed by atoms with E-state index in [0.29, 0.717) is 50.1 Å². The molecule has 6 rings (SSSR count). The molecule has 4 heterocycles. The van der Waals surface area contributed by atoms with Crippen LogP contribution in [0.5, 0.6) is 5.75 Å². The number of nitrogen functional groups attached to an aromatic ring is 1. The van der Waals surface area contributed by atoms with Crippen molar-refractivity contribution in [3.8, 4) is 11.4 Å². The number of aromatic hydroxyl groups is 1. The number of hydrogen-bond donors (Lipinski definition) is 2. The van der Waals surface area contributed by atoms with E-state index in [1.165, 1.54) is 0 Å². The molecule has 1 atom stereocenters. The first-order valence-electron chi connectivity index (χ1n) is 14.0. The van der Waals surface area contributed by atoms with Crippen molar-refractivity contribution in [1.82, 2.24) is 24.6 Å². The second-order valence-corrected chi connectivity index (χ2v) is 13.3. The molecule has 0 bridgehead atoms. The third kappa shape index (κ3) is 5.85. The van der Waals surface area contributed by atoms with Gasteiger partial charge in [0.05, 0.1) is 23.0 Å². The SMILES string of the molecule is CS(=O)(=O)/C=C/CN1CCc2nn(-c3ccc(C4CC4)cc3O)c3c2C(C1)N(C(=O)c1cnc(C(F)(F)F)cc1N)CC3. The van der Waals surface area contributed by atoms with E-state index in [2.05, 4.69) is 4.98 Å². The van der Waals surface area contributed by atoms with Crippen molar-refractivity contribution in [2.75, 3.05) is 38.2 Å². The van der Waals surface area contributed by atoms with Crippen LogP contribution in [0.4, 0.5) is 18.9 Å². The Bertz CT molecular complexity index is 1730. The number of anilines is 1. The number of carbonyl (C=O) groups is 1. The van der Waals surface area contributed by atoms with Crippen molar-refractivity contribution in [2.24, 2.45) is 0 Å². The van der Waals surface area contributed by atoms with Crippen molar-refractivity contribution in [3.63, 3.8) is 0 Å². The van der Waals surface area contributed by atoms with Crippen molar-refractivity contribution in [3.05, 3.63) is 75.7 Å². The van der Waals surface area contributed by atoms with Crippen LogP contribution in [0.25, 0.3) is 5.69 Å². The van der Waals surface area contributed by atoms with E-state index in [4.69, 9.17) is 10.8 Å². The van der Waals surface area contributed by atoms with Crippen molar-refractivity contribution >= 4 is 21.4 Å². The Labute approximate surface area is 246 Å². The normalized spacial score (nSPS) is 19.4. The Morgan fingerprint density at radius 3 is 2.60 bits per heavy atom. The van der Waals surface area contributed by atoms with Crippen molar-refractivity contribution in [1.29, 1.82) is 0 Å². The number of nitrogens with two attached hydrogens (primary N) is 1. The third-order valence-electron chi connectivity index (χ3n) is 8.19. The molecule has 228 valence electrons. The monoisotopic (exact) mass is 616 g/mol. The maximum Gasteiger partial charge on any atom is 0.433 e. The molecule has 2 aliphatic heterocycles. The molecule has 1 saturated carbocycles. The van der Waals surface area contributed by atoms with Gasteiger partial charge in [-0.3, -0.25) is 14.7 Å². The number of halogens is 3. The number of phenolic OH excluding ortho intramolecular Hbond substituents is 1. The molecule has 1 aliphatic carbocycles. The van der Waals surface area contributed by atoms with Gasteiger partial charge in [0.2, 0.25) is 0 Å². The first-order valence-corrected chi connectivity index (χ1v) is 15.9. The number of carbonyl (C=O) groups excluding carboxylic acids is 1. The van der Waals surface area contributed by atoms with E-state index in [1.807, 2.05) is 17.0 Å². The summed E-state index contributed by atoms with van der Waals surface area (Å²) in [6.45, 7) is 1.37. The maximum atomic E-state index is 13.8. The summed E-state index contributed by atoms with van der Waals surface area (Å²) in [7, 11) is -3.33. The van der Waals surface area contributed by atoms with Crippen LogP contribution in [-0.4, -0.2) is 76.4 Å². The maximum absolute atomic E-state index is 13.8. The van der Waals surface area contributed by atoms with Crippen LogP contribution >= 0.6 is 0 Å². The molecule has 43 heavy (non-hydrogen) atoms. The van der Waals surface area contributed by atoms with Gasteiger partial charge in [-0.1, -0.05) is 12.1 Å². The zero-order valence-corrected chi connectivity index (χ0v) is 24.2. The van der Waals surface area contributed by atoms with Crippen LogP contribution in [-0.2, 0) is 28.9 Å². The number of benzene rings is 1. The quantitative estimate of drug-likeness (QED) is 0.429. The molecule has 10 nitrogen and oxygen atoms in total. The molecule has 3 N–H and O–H groups in total. The van der Waals surface area contributed by atoms with E-state index in [0.717, 1.165) is 53.2 Å². The summed E-state index contributed by atoms with van der Waals surface area (Å²) in [5.74, 6) is 0.0224. The standard InChI is InChI=1S/C29H31F3N6O4S/c1-43(41,42)12-2-9-36-10-7-21-27-23(38(35-21)22-6-5-18(13-25(22)39)17-3-4-17)8-11-37(24(27)16-36)28(40)19-15-34-26(14-20(19)33)29(30,31)32/h2,5-6,12-15,17,24,39H,3-4,7-11,16H2,1H3,(H2,33,34)/b12-2+.